The molecule has 6 heteroatoms. The van der Waals surface area contributed by atoms with E-state index in [1.807, 2.05) is 55.1 Å². The maximum atomic E-state index is 13.3. The molecule has 2 heterocycles. The standard InChI is InChI=1S/C31H31NO5/c1-5-36-28-17-29-25(26(19-37-29)22-10-11-27(34-3)30(15-22)35-4)16-24(28)20(2)14-31(33)32-13-12-21-8-6-7-9-23(21)18-32/h6-11,14-17,19H,5,12-13,18H2,1-4H3/b20-14+. The molecule has 0 unspecified atom stereocenters. The lowest BCUT2D eigenvalue weighted by Crippen LogP contribution is -2.34. The maximum absolute atomic E-state index is 13.3. The van der Waals surface area contributed by atoms with Crippen molar-refractivity contribution in [2.75, 3.05) is 27.4 Å². The average molecular weight is 498 g/mol. The van der Waals surface area contributed by atoms with Crippen LogP contribution in [0.4, 0.5) is 0 Å². The number of furan rings is 1. The summed E-state index contributed by atoms with van der Waals surface area (Å²) in [7, 11) is 3.24. The molecular weight excluding hydrogens is 466 g/mol. The van der Waals surface area contributed by atoms with Crippen LogP contribution < -0.4 is 14.2 Å². The Morgan fingerprint density at radius 1 is 1.00 bits per heavy atom. The van der Waals surface area contributed by atoms with Gasteiger partial charge in [0.1, 0.15) is 11.3 Å². The lowest BCUT2D eigenvalue weighted by molar-refractivity contribution is -0.126. The quantitative estimate of drug-likeness (QED) is 0.273. The number of rotatable bonds is 7. The van der Waals surface area contributed by atoms with Crippen molar-refractivity contribution < 1.29 is 23.4 Å². The number of amides is 1. The van der Waals surface area contributed by atoms with E-state index in [1.165, 1.54) is 11.1 Å². The van der Waals surface area contributed by atoms with Gasteiger partial charge in [-0.3, -0.25) is 4.79 Å². The third-order valence-corrected chi connectivity index (χ3v) is 6.88. The number of nitrogens with zero attached hydrogens (tertiary/aromatic N) is 1. The Bertz CT molecular complexity index is 1480. The zero-order valence-corrected chi connectivity index (χ0v) is 21.7. The Hall–Kier alpha value is -4.19. The first-order valence-electron chi connectivity index (χ1n) is 12.5. The fourth-order valence-corrected chi connectivity index (χ4v) is 4.90. The monoisotopic (exact) mass is 497 g/mol. The molecule has 0 bridgehead atoms. The molecule has 3 aromatic carbocycles. The van der Waals surface area contributed by atoms with E-state index >= 15 is 0 Å². The molecule has 6 nitrogen and oxygen atoms in total. The summed E-state index contributed by atoms with van der Waals surface area (Å²) in [5, 5.41) is 0.928. The van der Waals surface area contributed by atoms with E-state index in [0.717, 1.165) is 34.1 Å². The van der Waals surface area contributed by atoms with E-state index in [9.17, 15) is 4.79 Å². The Morgan fingerprint density at radius 2 is 1.78 bits per heavy atom. The first kappa shape index (κ1) is 24.5. The van der Waals surface area contributed by atoms with Crippen LogP contribution in [-0.2, 0) is 17.8 Å². The Morgan fingerprint density at radius 3 is 2.54 bits per heavy atom. The molecular formula is C31H31NO5. The van der Waals surface area contributed by atoms with Crippen molar-refractivity contribution in [3.8, 4) is 28.4 Å². The van der Waals surface area contributed by atoms with Gasteiger partial charge in [-0.2, -0.15) is 0 Å². The van der Waals surface area contributed by atoms with Crippen molar-refractivity contribution in [2.45, 2.75) is 26.8 Å². The summed E-state index contributed by atoms with van der Waals surface area (Å²) in [6.45, 7) is 5.74. The predicted octanol–water partition coefficient (Wildman–Crippen LogP) is 6.50. The van der Waals surface area contributed by atoms with E-state index in [4.69, 9.17) is 18.6 Å². The lowest BCUT2D eigenvalue weighted by Gasteiger charge is -2.28. The van der Waals surface area contributed by atoms with Crippen LogP contribution in [0.3, 0.4) is 0 Å². The van der Waals surface area contributed by atoms with Crippen molar-refractivity contribution in [3.05, 3.63) is 83.6 Å². The topological polar surface area (TPSA) is 61.1 Å². The van der Waals surface area contributed by atoms with Crippen molar-refractivity contribution in [1.82, 2.24) is 4.90 Å². The van der Waals surface area contributed by atoms with Gasteiger partial charge in [-0.1, -0.05) is 30.3 Å². The number of benzene rings is 3. The zero-order valence-electron chi connectivity index (χ0n) is 21.7. The predicted molar refractivity (Wildman–Crippen MR) is 145 cm³/mol. The maximum Gasteiger partial charge on any atom is 0.247 e. The molecule has 0 saturated heterocycles. The molecule has 0 spiro atoms. The first-order valence-corrected chi connectivity index (χ1v) is 12.5. The largest absolute Gasteiger partial charge is 0.493 e. The van der Waals surface area contributed by atoms with Gasteiger partial charge in [-0.05, 0) is 60.7 Å². The van der Waals surface area contributed by atoms with E-state index in [-0.39, 0.29) is 5.91 Å². The SMILES string of the molecule is CCOc1cc2occ(-c3ccc(OC)c(OC)c3)c2cc1/C(C)=C/C(=O)N1CCc2ccccc2C1. The highest BCUT2D eigenvalue weighted by Gasteiger charge is 2.21. The molecule has 37 heavy (non-hydrogen) atoms. The number of carbonyl (C=O) groups is 1. The molecule has 1 aliphatic heterocycles. The summed E-state index contributed by atoms with van der Waals surface area (Å²) in [6, 6.07) is 18.0. The number of allylic oxidation sites excluding steroid dienone is 1. The zero-order chi connectivity index (χ0) is 25.9. The highest BCUT2D eigenvalue weighted by molar-refractivity contribution is 6.00. The molecule has 0 aliphatic carbocycles. The van der Waals surface area contributed by atoms with Crippen LogP contribution in [0.1, 0.15) is 30.5 Å². The fourth-order valence-electron chi connectivity index (χ4n) is 4.90. The number of ether oxygens (including phenoxy) is 3. The van der Waals surface area contributed by atoms with Gasteiger partial charge in [-0.25, -0.2) is 0 Å². The van der Waals surface area contributed by atoms with Gasteiger partial charge in [0.05, 0.1) is 27.1 Å². The van der Waals surface area contributed by atoms with E-state index in [0.29, 0.717) is 42.5 Å². The number of hydrogen-bond donors (Lipinski definition) is 0. The highest BCUT2D eigenvalue weighted by Crippen LogP contribution is 2.40. The molecule has 190 valence electrons. The Balaban J connectivity index is 1.51. The van der Waals surface area contributed by atoms with Crippen molar-refractivity contribution in [2.24, 2.45) is 0 Å². The second kappa shape index (κ2) is 10.4. The smallest absolute Gasteiger partial charge is 0.247 e. The summed E-state index contributed by atoms with van der Waals surface area (Å²) in [6.07, 6.45) is 4.32. The van der Waals surface area contributed by atoms with Crippen LogP contribution in [0, 0.1) is 0 Å². The van der Waals surface area contributed by atoms with Gasteiger partial charge >= 0.3 is 0 Å². The number of hydrogen-bond acceptors (Lipinski definition) is 5. The van der Waals surface area contributed by atoms with E-state index in [1.54, 1.807) is 26.6 Å². The van der Waals surface area contributed by atoms with Gasteiger partial charge in [-0.15, -0.1) is 0 Å². The molecule has 1 aliphatic rings. The van der Waals surface area contributed by atoms with Crippen LogP contribution in [0.5, 0.6) is 17.2 Å². The first-order chi connectivity index (χ1) is 18.0. The molecule has 0 fully saturated rings. The van der Waals surface area contributed by atoms with Gasteiger partial charge < -0.3 is 23.5 Å². The molecule has 0 N–H and O–H groups in total. The fraction of sp³-hybridized carbons (Fsp3) is 0.258. The summed E-state index contributed by atoms with van der Waals surface area (Å²) in [5.41, 5.74) is 6.81. The van der Waals surface area contributed by atoms with E-state index < -0.39 is 0 Å². The van der Waals surface area contributed by atoms with Crippen LogP contribution in [0.2, 0.25) is 0 Å². The van der Waals surface area contributed by atoms with Crippen LogP contribution >= 0.6 is 0 Å². The molecule has 4 aromatic rings. The third-order valence-electron chi connectivity index (χ3n) is 6.88. The van der Waals surface area contributed by atoms with Gasteiger partial charge in [0.2, 0.25) is 5.91 Å². The van der Waals surface area contributed by atoms with Crippen LogP contribution in [0.15, 0.2) is 71.4 Å². The minimum atomic E-state index is 0.00172. The van der Waals surface area contributed by atoms with Gasteiger partial charge in [0.25, 0.3) is 0 Å². The molecule has 0 radical (unpaired) electrons. The number of methoxy groups -OCH3 is 2. The van der Waals surface area contributed by atoms with E-state index in [2.05, 4.69) is 18.2 Å². The molecule has 5 rings (SSSR count). The summed E-state index contributed by atoms with van der Waals surface area (Å²) >= 11 is 0. The average Bonchev–Trinajstić information content (AvgIpc) is 3.34. The summed E-state index contributed by atoms with van der Waals surface area (Å²) < 4.78 is 22.8. The number of fused-ring (bicyclic) bond motifs is 2. The van der Waals surface area contributed by atoms with Crippen molar-refractivity contribution in [1.29, 1.82) is 0 Å². The minimum absolute atomic E-state index is 0.00172. The summed E-state index contributed by atoms with van der Waals surface area (Å²) in [4.78, 5) is 15.2. The molecule has 0 saturated carbocycles. The van der Waals surface area contributed by atoms with Crippen LogP contribution in [-0.4, -0.2) is 38.2 Å². The summed E-state index contributed by atoms with van der Waals surface area (Å²) in [5.74, 6) is 2.00. The normalized spacial score (nSPS) is 13.4. The highest BCUT2D eigenvalue weighted by atomic mass is 16.5. The second-order valence-corrected chi connectivity index (χ2v) is 9.10. The Kier molecular flexibility index (Phi) is 6.91. The third kappa shape index (κ3) is 4.79. The van der Waals surface area contributed by atoms with Crippen molar-refractivity contribution >= 4 is 22.4 Å². The lowest BCUT2D eigenvalue weighted by atomic mass is 9.98. The second-order valence-electron chi connectivity index (χ2n) is 9.10. The molecule has 1 aromatic heterocycles. The Labute approximate surface area is 217 Å². The molecule has 1 amide bonds. The van der Waals surface area contributed by atoms with Gasteiger partial charge in [0.15, 0.2) is 11.5 Å². The number of carbonyl (C=O) groups excluding carboxylic acids is 1. The van der Waals surface area contributed by atoms with Gasteiger partial charge in [0, 0.05) is 41.7 Å². The molecule has 0 atom stereocenters. The van der Waals surface area contributed by atoms with Crippen LogP contribution in [0.25, 0.3) is 27.7 Å². The minimum Gasteiger partial charge on any atom is -0.493 e. The van der Waals surface area contributed by atoms with Crippen molar-refractivity contribution in [3.63, 3.8) is 0 Å².